The number of ether oxygens (including phenoxy) is 1. The highest BCUT2D eigenvalue weighted by molar-refractivity contribution is 7.13. The summed E-state index contributed by atoms with van der Waals surface area (Å²) >= 11 is 3.28. The summed E-state index contributed by atoms with van der Waals surface area (Å²) in [4.78, 5) is 22.2. The third kappa shape index (κ3) is 4.51. The molecule has 0 spiro atoms. The van der Waals surface area contributed by atoms with E-state index in [1.165, 1.54) is 4.88 Å². The average molecular weight is 466 g/mol. The Morgan fingerprint density at radius 1 is 1.03 bits per heavy atom. The van der Waals surface area contributed by atoms with Gasteiger partial charge in [0.15, 0.2) is 5.82 Å². The van der Waals surface area contributed by atoms with Crippen molar-refractivity contribution >= 4 is 28.6 Å². The highest BCUT2D eigenvalue weighted by Crippen LogP contribution is 2.27. The largest absolute Gasteiger partial charge is 0.379 e. The minimum absolute atomic E-state index is 0.107. The normalized spacial score (nSPS) is 15.5. The molecule has 32 heavy (non-hydrogen) atoms. The van der Waals surface area contributed by atoms with Gasteiger partial charge in [0.2, 0.25) is 5.82 Å². The molecule has 1 N–H and O–H groups in total. The van der Waals surface area contributed by atoms with Crippen molar-refractivity contribution in [3.8, 4) is 16.4 Å². The Balaban J connectivity index is 1.38. The van der Waals surface area contributed by atoms with Crippen molar-refractivity contribution in [2.75, 3.05) is 32.8 Å². The lowest BCUT2D eigenvalue weighted by atomic mass is 10.2. The van der Waals surface area contributed by atoms with E-state index >= 15 is 0 Å². The number of hydrogen-bond acceptors (Lipinski definition) is 7. The Labute approximate surface area is 194 Å². The molecule has 5 rings (SSSR count). The maximum Gasteiger partial charge on any atom is 0.291 e. The molecule has 1 aromatic carbocycles. The lowest BCUT2D eigenvalue weighted by Gasteiger charge is -2.34. The molecule has 4 aromatic rings. The van der Waals surface area contributed by atoms with E-state index in [0.29, 0.717) is 25.6 Å². The molecule has 0 saturated carbocycles. The van der Waals surface area contributed by atoms with E-state index in [1.807, 2.05) is 53.9 Å². The van der Waals surface area contributed by atoms with E-state index in [-0.39, 0.29) is 17.8 Å². The number of nitrogens with zero attached hydrogens (tertiary/aromatic N) is 4. The Morgan fingerprint density at radius 3 is 2.53 bits per heavy atom. The molecule has 3 aromatic heterocycles. The first kappa shape index (κ1) is 21.0. The third-order valence-corrected chi connectivity index (χ3v) is 7.21. The van der Waals surface area contributed by atoms with Gasteiger partial charge in [-0.05, 0) is 35.0 Å². The molecule has 0 unspecified atom stereocenters. The second kappa shape index (κ2) is 9.74. The monoisotopic (exact) mass is 465 g/mol. The number of aromatic nitrogens is 3. The summed E-state index contributed by atoms with van der Waals surface area (Å²) in [6.07, 6.45) is 0. The van der Waals surface area contributed by atoms with Crippen LogP contribution >= 0.6 is 22.7 Å². The zero-order valence-electron chi connectivity index (χ0n) is 17.4. The Kier molecular flexibility index (Phi) is 6.40. The molecular weight excluding hydrogens is 442 g/mol. The third-order valence-electron chi connectivity index (χ3n) is 5.37. The average Bonchev–Trinajstić information content (AvgIpc) is 3.62. The maximum absolute atomic E-state index is 13.1. The number of carbonyl (C=O) groups excluding carboxylic acids is 1. The van der Waals surface area contributed by atoms with E-state index in [1.54, 1.807) is 27.4 Å². The van der Waals surface area contributed by atoms with E-state index in [9.17, 15) is 4.79 Å². The van der Waals surface area contributed by atoms with Crippen LogP contribution in [0.2, 0.25) is 0 Å². The van der Waals surface area contributed by atoms with Gasteiger partial charge in [-0.1, -0.05) is 30.3 Å². The number of rotatable bonds is 7. The van der Waals surface area contributed by atoms with Gasteiger partial charge in [0, 0.05) is 24.5 Å². The summed E-state index contributed by atoms with van der Waals surface area (Å²) in [7, 11) is 0. The number of para-hydroxylation sites is 1. The van der Waals surface area contributed by atoms with Gasteiger partial charge in [-0.25, -0.2) is 9.67 Å². The number of nitrogens with one attached hydrogen (secondary N) is 1. The highest BCUT2D eigenvalue weighted by Gasteiger charge is 2.25. The fourth-order valence-electron chi connectivity index (χ4n) is 3.77. The lowest BCUT2D eigenvalue weighted by molar-refractivity contribution is 0.0169. The maximum atomic E-state index is 13.1. The highest BCUT2D eigenvalue weighted by atomic mass is 32.1. The topological polar surface area (TPSA) is 72.3 Å². The van der Waals surface area contributed by atoms with Crippen molar-refractivity contribution in [3.05, 3.63) is 76.1 Å². The summed E-state index contributed by atoms with van der Waals surface area (Å²) in [5.41, 5.74) is 0.868. The van der Waals surface area contributed by atoms with Crippen molar-refractivity contribution < 1.29 is 9.53 Å². The molecule has 0 radical (unpaired) electrons. The molecule has 4 heterocycles. The van der Waals surface area contributed by atoms with Gasteiger partial charge >= 0.3 is 0 Å². The number of amides is 1. The van der Waals surface area contributed by atoms with Crippen LogP contribution in [0.15, 0.2) is 65.4 Å². The predicted octanol–water partition coefficient (Wildman–Crippen LogP) is 3.86. The number of hydrogen-bond donors (Lipinski definition) is 1. The molecule has 1 aliphatic rings. The molecule has 7 nitrogen and oxygen atoms in total. The van der Waals surface area contributed by atoms with Crippen LogP contribution in [0.5, 0.6) is 0 Å². The van der Waals surface area contributed by atoms with Crippen molar-refractivity contribution in [2.45, 2.75) is 6.04 Å². The minimum Gasteiger partial charge on any atom is -0.379 e. The first-order chi connectivity index (χ1) is 15.8. The van der Waals surface area contributed by atoms with Crippen LogP contribution < -0.4 is 5.32 Å². The number of thiophene rings is 2. The van der Waals surface area contributed by atoms with Crippen LogP contribution in [-0.2, 0) is 4.74 Å². The van der Waals surface area contributed by atoms with Gasteiger partial charge in [-0.3, -0.25) is 9.69 Å². The molecule has 1 amide bonds. The van der Waals surface area contributed by atoms with Crippen LogP contribution in [-0.4, -0.2) is 58.4 Å². The molecule has 1 aliphatic heterocycles. The first-order valence-electron chi connectivity index (χ1n) is 10.5. The summed E-state index contributed by atoms with van der Waals surface area (Å²) in [5, 5.41) is 11.7. The van der Waals surface area contributed by atoms with Gasteiger partial charge in [0.25, 0.3) is 5.91 Å². The first-order valence-corrected chi connectivity index (χ1v) is 12.3. The summed E-state index contributed by atoms with van der Waals surface area (Å²) in [6, 6.07) is 18.0. The second-order valence-corrected chi connectivity index (χ2v) is 9.30. The number of carbonyl (C=O) groups is 1. The second-order valence-electron chi connectivity index (χ2n) is 7.37. The summed E-state index contributed by atoms with van der Waals surface area (Å²) < 4.78 is 7.24. The number of benzene rings is 1. The van der Waals surface area contributed by atoms with Crippen molar-refractivity contribution in [2.24, 2.45) is 0 Å². The van der Waals surface area contributed by atoms with Crippen LogP contribution in [0.4, 0.5) is 0 Å². The van der Waals surface area contributed by atoms with Gasteiger partial charge in [0.05, 0.1) is 29.8 Å². The molecule has 1 saturated heterocycles. The minimum atomic E-state index is -0.271. The number of morpholine rings is 1. The molecule has 0 bridgehead atoms. The fraction of sp³-hybridized carbons (Fsp3) is 0.261. The molecule has 9 heteroatoms. The Hall–Kier alpha value is -2.85. The van der Waals surface area contributed by atoms with Crippen LogP contribution in [0.1, 0.15) is 21.5 Å². The molecular formula is C23H23N5O2S2. The predicted molar refractivity (Wildman–Crippen MR) is 126 cm³/mol. The van der Waals surface area contributed by atoms with Gasteiger partial charge < -0.3 is 10.1 Å². The van der Waals surface area contributed by atoms with Crippen molar-refractivity contribution in [1.82, 2.24) is 25.0 Å². The van der Waals surface area contributed by atoms with Crippen molar-refractivity contribution in [3.63, 3.8) is 0 Å². The zero-order chi connectivity index (χ0) is 21.8. The van der Waals surface area contributed by atoms with Crippen LogP contribution in [0, 0.1) is 0 Å². The standard InChI is InChI=1S/C23H23N5O2S2/c29-23(24-16-18(19-8-4-14-31-19)27-10-12-30-13-11-27)21-25-22(20-9-5-15-32-20)28(26-21)17-6-2-1-3-7-17/h1-9,14-15,18H,10-13,16H2,(H,24,29)/t18-/m0/s1. The zero-order valence-corrected chi connectivity index (χ0v) is 19.0. The summed E-state index contributed by atoms with van der Waals surface area (Å²) in [5.74, 6) is 0.566. The molecule has 1 atom stereocenters. The summed E-state index contributed by atoms with van der Waals surface area (Å²) in [6.45, 7) is 3.61. The molecule has 164 valence electrons. The van der Waals surface area contributed by atoms with Gasteiger partial charge in [0.1, 0.15) is 0 Å². The van der Waals surface area contributed by atoms with Gasteiger partial charge in [-0.2, -0.15) is 0 Å². The molecule has 1 fully saturated rings. The van der Waals surface area contributed by atoms with E-state index in [4.69, 9.17) is 4.74 Å². The van der Waals surface area contributed by atoms with E-state index in [0.717, 1.165) is 23.7 Å². The quantitative estimate of drug-likeness (QED) is 0.449. The van der Waals surface area contributed by atoms with Crippen LogP contribution in [0.3, 0.4) is 0 Å². The van der Waals surface area contributed by atoms with E-state index < -0.39 is 0 Å². The van der Waals surface area contributed by atoms with Gasteiger partial charge in [-0.15, -0.1) is 27.8 Å². The SMILES string of the molecule is O=C(NC[C@@H](c1cccs1)N1CCOCC1)c1nc(-c2cccs2)n(-c2ccccc2)n1. The van der Waals surface area contributed by atoms with Crippen molar-refractivity contribution in [1.29, 1.82) is 0 Å². The van der Waals surface area contributed by atoms with E-state index in [2.05, 4.69) is 31.7 Å². The fourth-order valence-corrected chi connectivity index (χ4v) is 5.33. The Morgan fingerprint density at radius 2 is 1.81 bits per heavy atom. The smallest absolute Gasteiger partial charge is 0.291 e. The lowest BCUT2D eigenvalue weighted by Crippen LogP contribution is -2.43. The van der Waals surface area contributed by atoms with Crippen LogP contribution in [0.25, 0.3) is 16.4 Å². The Bertz CT molecular complexity index is 1140. The molecule has 0 aliphatic carbocycles.